The molecule has 1 aromatic carbocycles. The van der Waals surface area contributed by atoms with E-state index in [4.69, 9.17) is 0 Å². The lowest BCUT2D eigenvalue weighted by Gasteiger charge is -2.06. The first-order chi connectivity index (χ1) is 13.6. The fourth-order valence-electron chi connectivity index (χ4n) is 2.64. The summed E-state index contributed by atoms with van der Waals surface area (Å²) < 4.78 is 39.0. The number of nitrogens with zero attached hydrogens (tertiary/aromatic N) is 2. The lowest BCUT2D eigenvalue weighted by atomic mass is 10.1. The summed E-state index contributed by atoms with van der Waals surface area (Å²) in [6.07, 6.45) is 0.522. The lowest BCUT2D eigenvalue weighted by Crippen LogP contribution is -2.20. The van der Waals surface area contributed by atoms with Crippen molar-refractivity contribution in [2.45, 2.75) is 20.0 Å². The van der Waals surface area contributed by atoms with Crippen LogP contribution in [0.25, 0.3) is 18.0 Å². The lowest BCUT2D eigenvalue weighted by molar-refractivity contribution is -0.137. The zero-order valence-corrected chi connectivity index (χ0v) is 15.5. The minimum Gasteiger partial charge on any atom is -0.320 e. The molecule has 0 aliphatic carbocycles. The fraction of sp³-hybridized carbons (Fsp3) is 0.150. The molecular weight excluding hydrogens is 385 g/mol. The fourth-order valence-corrected chi connectivity index (χ4v) is 2.64. The first-order valence-electron chi connectivity index (χ1n) is 8.56. The van der Waals surface area contributed by atoms with Gasteiger partial charge in [0.25, 0.3) is 5.56 Å². The molecule has 3 aromatic rings. The number of carbonyl (C=O) groups excluding carboxylic acids is 1. The molecule has 0 bridgehead atoms. The van der Waals surface area contributed by atoms with E-state index in [1.165, 1.54) is 29.9 Å². The van der Waals surface area contributed by atoms with Crippen molar-refractivity contribution in [1.29, 1.82) is 0 Å². The number of hydrogen-bond acceptors (Lipinski definition) is 3. The van der Waals surface area contributed by atoms with Gasteiger partial charge in [-0.2, -0.15) is 17.9 Å². The van der Waals surface area contributed by atoms with Crippen LogP contribution < -0.4 is 10.9 Å². The average molecular weight is 402 g/mol. The molecule has 0 aliphatic heterocycles. The Morgan fingerprint density at radius 3 is 2.28 bits per heavy atom. The Labute approximate surface area is 163 Å². The van der Waals surface area contributed by atoms with Gasteiger partial charge in [0.05, 0.1) is 11.3 Å². The van der Waals surface area contributed by atoms with Gasteiger partial charge in [-0.15, -0.1) is 0 Å². The quantitative estimate of drug-likeness (QED) is 0.692. The van der Waals surface area contributed by atoms with E-state index >= 15 is 0 Å². The number of hydrogen-bond donors (Lipinski definition) is 2. The molecule has 29 heavy (non-hydrogen) atoms. The number of halogens is 3. The molecule has 6 nitrogen and oxygen atoms in total. The van der Waals surface area contributed by atoms with E-state index in [1.54, 1.807) is 31.2 Å². The summed E-state index contributed by atoms with van der Waals surface area (Å²) in [5.41, 5.74) is 0.832. The molecule has 3 rings (SSSR count). The summed E-state index contributed by atoms with van der Waals surface area (Å²) >= 11 is 0. The Morgan fingerprint density at radius 2 is 1.72 bits per heavy atom. The van der Waals surface area contributed by atoms with Crippen LogP contribution in [0, 0.1) is 6.92 Å². The van der Waals surface area contributed by atoms with Crippen molar-refractivity contribution in [3.05, 3.63) is 75.3 Å². The van der Waals surface area contributed by atoms with Crippen LogP contribution in [0.15, 0.2) is 47.4 Å². The molecule has 2 aromatic heterocycles. The summed E-state index contributed by atoms with van der Waals surface area (Å²) in [6, 6.07) is 8.13. The van der Waals surface area contributed by atoms with Crippen molar-refractivity contribution >= 4 is 23.7 Å². The number of benzene rings is 1. The van der Waals surface area contributed by atoms with Crippen LogP contribution in [0.3, 0.4) is 0 Å². The van der Waals surface area contributed by atoms with Gasteiger partial charge in [0.1, 0.15) is 5.69 Å². The van der Waals surface area contributed by atoms with Gasteiger partial charge in [-0.3, -0.25) is 14.7 Å². The van der Waals surface area contributed by atoms with E-state index < -0.39 is 17.3 Å². The first-order valence-corrected chi connectivity index (χ1v) is 8.56. The Kier molecular flexibility index (Phi) is 5.40. The number of alkyl halides is 3. The number of aryl methyl sites for hydroxylation is 1. The van der Waals surface area contributed by atoms with Crippen molar-refractivity contribution in [1.82, 2.24) is 14.8 Å². The highest BCUT2D eigenvalue weighted by Crippen LogP contribution is 2.29. The molecule has 9 heteroatoms. The van der Waals surface area contributed by atoms with E-state index in [-0.39, 0.29) is 11.6 Å². The number of aromatic amines is 1. The van der Waals surface area contributed by atoms with Crippen LogP contribution in [0.1, 0.15) is 29.3 Å². The maximum atomic E-state index is 12.6. The summed E-state index contributed by atoms with van der Waals surface area (Å²) in [5, 5.41) is 5.33. The highest BCUT2D eigenvalue weighted by molar-refractivity contribution is 5.89. The standard InChI is InChI=1S/C20H17F3N4O2/c1-12-18(25-13(2)28)19(29)27(26-12)17-10-7-15(11-24-17)4-3-14-5-8-16(9-6-14)20(21,22)23/h3-11,26H,1-2H3,(H,25,28)/b4-3+. The predicted molar refractivity (Wildman–Crippen MR) is 104 cm³/mol. The molecular formula is C20H17F3N4O2. The third-order valence-corrected chi connectivity index (χ3v) is 4.08. The zero-order chi connectivity index (χ0) is 21.2. The van der Waals surface area contributed by atoms with Crippen molar-refractivity contribution in [2.24, 2.45) is 0 Å². The second-order valence-electron chi connectivity index (χ2n) is 6.34. The van der Waals surface area contributed by atoms with E-state index in [1.807, 2.05) is 0 Å². The number of carbonyl (C=O) groups is 1. The van der Waals surface area contributed by atoms with Gasteiger partial charge in [-0.1, -0.05) is 24.3 Å². The highest BCUT2D eigenvalue weighted by atomic mass is 19.4. The largest absolute Gasteiger partial charge is 0.416 e. The van der Waals surface area contributed by atoms with Gasteiger partial charge in [0.2, 0.25) is 5.91 Å². The SMILES string of the molecule is CC(=O)Nc1c(C)[nH]n(-c2ccc(/C=C/c3ccc(C(F)(F)F)cc3)cn2)c1=O. The number of anilines is 1. The second-order valence-corrected chi connectivity index (χ2v) is 6.34. The van der Waals surface area contributed by atoms with Gasteiger partial charge >= 0.3 is 6.18 Å². The van der Waals surface area contributed by atoms with Crippen LogP contribution in [0.5, 0.6) is 0 Å². The molecule has 0 atom stereocenters. The molecule has 0 saturated carbocycles. The molecule has 1 amide bonds. The predicted octanol–water partition coefficient (Wildman–Crippen LogP) is 4.02. The molecule has 0 aliphatic rings. The third-order valence-electron chi connectivity index (χ3n) is 4.08. The highest BCUT2D eigenvalue weighted by Gasteiger charge is 2.29. The third kappa shape index (κ3) is 4.63. The topological polar surface area (TPSA) is 79.8 Å². The van der Waals surface area contributed by atoms with Crippen molar-refractivity contribution in [3.63, 3.8) is 0 Å². The van der Waals surface area contributed by atoms with Gasteiger partial charge in [-0.05, 0) is 42.3 Å². The van der Waals surface area contributed by atoms with Gasteiger partial charge in [0, 0.05) is 13.1 Å². The van der Waals surface area contributed by atoms with Crippen LogP contribution in [-0.2, 0) is 11.0 Å². The van der Waals surface area contributed by atoms with Crippen LogP contribution in [-0.4, -0.2) is 20.7 Å². The monoisotopic (exact) mass is 402 g/mol. The Balaban J connectivity index is 1.78. The molecule has 0 radical (unpaired) electrons. The molecule has 0 fully saturated rings. The molecule has 150 valence electrons. The van der Waals surface area contributed by atoms with Crippen molar-refractivity contribution in [2.75, 3.05) is 5.32 Å². The maximum Gasteiger partial charge on any atom is 0.416 e. The van der Waals surface area contributed by atoms with Gasteiger partial charge in [-0.25, -0.2) is 4.98 Å². The minimum absolute atomic E-state index is 0.158. The number of pyridine rings is 1. The van der Waals surface area contributed by atoms with E-state index in [0.717, 1.165) is 12.1 Å². The Morgan fingerprint density at radius 1 is 1.10 bits per heavy atom. The molecule has 2 N–H and O–H groups in total. The smallest absolute Gasteiger partial charge is 0.320 e. The molecule has 0 spiro atoms. The maximum absolute atomic E-state index is 12.6. The van der Waals surface area contributed by atoms with Gasteiger partial charge < -0.3 is 5.32 Å². The van der Waals surface area contributed by atoms with E-state index in [0.29, 0.717) is 22.6 Å². The second kappa shape index (κ2) is 7.78. The Bertz CT molecular complexity index is 1110. The number of nitrogens with one attached hydrogen (secondary N) is 2. The Hall–Kier alpha value is -3.62. The van der Waals surface area contributed by atoms with Crippen molar-refractivity contribution < 1.29 is 18.0 Å². The number of H-pyrrole nitrogens is 1. The number of amides is 1. The van der Waals surface area contributed by atoms with Crippen LogP contribution in [0.2, 0.25) is 0 Å². The van der Waals surface area contributed by atoms with Gasteiger partial charge in [0.15, 0.2) is 5.82 Å². The molecule has 2 heterocycles. The number of aromatic nitrogens is 3. The molecule has 0 saturated heterocycles. The zero-order valence-electron chi connectivity index (χ0n) is 15.5. The first kappa shape index (κ1) is 20.1. The summed E-state index contributed by atoms with van der Waals surface area (Å²) in [5.74, 6) is -0.0190. The summed E-state index contributed by atoms with van der Waals surface area (Å²) in [4.78, 5) is 27.8. The minimum atomic E-state index is -4.37. The van der Waals surface area contributed by atoms with Crippen LogP contribution >= 0.6 is 0 Å². The average Bonchev–Trinajstić information content (AvgIpc) is 2.94. The van der Waals surface area contributed by atoms with E-state index in [9.17, 15) is 22.8 Å². The number of rotatable bonds is 4. The van der Waals surface area contributed by atoms with Crippen LogP contribution in [0.4, 0.5) is 18.9 Å². The normalized spacial score (nSPS) is 11.8. The molecule has 0 unspecified atom stereocenters. The van der Waals surface area contributed by atoms with E-state index in [2.05, 4.69) is 15.4 Å². The summed E-state index contributed by atoms with van der Waals surface area (Å²) in [7, 11) is 0. The van der Waals surface area contributed by atoms with Crippen molar-refractivity contribution in [3.8, 4) is 5.82 Å². The summed E-state index contributed by atoms with van der Waals surface area (Å²) in [6.45, 7) is 2.97.